The molecule has 100 valence electrons. The van der Waals surface area contributed by atoms with Gasteiger partial charge in [0.2, 0.25) is 0 Å². The van der Waals surface area contributed by atoms with Crippen molar-refractivity contribution in [1.82, 2.24) is 0 Å². The summed E-state index contributed by atoms with van der Waals surface area (Å²) in [5.41, 5.74) is 0. The van der Waals surface area contributed by atoms with Crippen molar-refractivity contribution in [2.75, 3.05) is 23.5 Å². The first kappa shape index (κ1) is 14.4. The molecule has 1 rings (SSSR count). The highest BCUT2D eigenvalue weighted by Gasteiger charge is 2.37. The van der Waals surface area contributed by atoms with Gasteiger partial charge >= 0.3 is 5.97 Å². The molecule has 8 heteroatoms. The van der Waals surface area contributed by atoms with E-state index in [1.54, 1.807) is 0 Å². The average Bonchev–Trinajstić information content (AvgIpc) is 2.43. The van der Waals surface area contributed by atoms with Crippen molar-refractivity contribution in [2.45, 2.75) is 12.8 Å². The number of carboxylic acids is 1. The van der Waals surface area contributed by atoms with Crippen LogP contribution >= 0.6 is 0 Å². The lowest BCUT2D eigenvalue weighted by molar-refractivity contribution is -0.143. The predicted octanol–water partition coefficient (Wildman–Crippen LogP) is -0.443. The van der Waals surface area contributed by atoms with Crippen molar-refractivity contribution in [1.29, 1.82) is 0 Å². The number of hydrogen-bond acceptors (Lipinski definition) is 5. The van der Waals surface area contributed by atoms with E-state index in [2.05, 4.69) is 0 Å². The maximum atomic E-state index is 11.3. The zero-order valence-corrected chi connectivity index (χ0v) is 11.1. The van der Waals surface area contributed by atoms with Gasteiger partial charge < -0.3 is 5.11 Å². The van der Waals surface area contributed by atoms with Crippen LogP contribution in [0, 0.1) is 11.8 Å². The topological polar surface area (TPSA) is 106 Å². The Morgan fingerprint density at radius 3 is 2.41 bits per heavy atom. The molecule has 1 saturated heterocycles. The van der Waals surface area contributed by atoms with Gasteiger partial charge in [0.15, 0.2) is 9.84 Å². The Morgan fingerprint density at radius 1 is 1.47 bits per heavy atom. The summed E-state index contributed by atoms with van der Waals surface area (Å²) in [4.78, 5) is 11.0. The fraction of sp³-hybridized carbons (Fsp3) is 0.889. The van der Waals surface area contributed by atoms with Crippen LogP contribution in [0.1, 0.15) is 12.8 Å². The van der Waals surface area contributed by atoms with Crippen molar-refractivity contribution in [3.63, 3.8) is 0 Å². The first-order valence-electron chi connectivity index (χ1n) is 5.22. The summed E-state index contributed by atoms with van der Waals surface area (Å²) < 4.78 is 44.5. The molecule has 0 aromatic rings. The summed E-state index contributed by atoms with van der Waals surface area (Å²) in [6.07, 6.45) is 1.33. The zero-order chi connectivity index (χ0) is 13.3. The van der Waals surface area contributed by atoms with Crippen LogP contribution in [0.25, 0.3) is 0 Å². The van der Waals surface area contributed by atoms with E-state index in [1.807, 2.05) is 0 Å². The molecule has 1 heterocycles. The number of rotatable bonds is 5. The molecule has 0 aromatic carbocycles. The third-order valence-electron chi connectivity index (χ3n) is 2.95. The van der Waals surface area contributed by atoms with Gasteiger partial charge in [0.05, 0.1) is 23.2 Å². The van der Waals surface area contributed by atoms with Gasteiger partial charge in [-0.15, -0.1) is 0 Å². The van der Waals surface area contributed by atoms with Gasteiger partial charge in [0.1, 0.15) is 9.84 Å². The molecular weight excluding hydrogens is 268 g/mol. The lowest BCUT2D eigenvalue weighted by Crippen LogP contribution is -2.27. The van der Waals surface area contributed by atoms with E-state index in [9.17, 15) is 21.6 Å². The maximum Gasteiger partial charge on any atom is 0.306 e. The predicted molar refractivity (Wildman–Crippen MR) is 62.2 cm³/mol. The van der Waals surface area contributed by atoms with Crippen LogP contribution in [0.2, 0.25) is 0 Å². The Balaban J connectivity index is 2.71. The normalized spacial score (nSPS) is 25.6. The summed E-state index contributed by atoms with van der Waals surface area (Å²) in [5.74, 6) is -2.83. The smallest absolute Gasteiger partial charge is 0.306 e. The molecule has 0 spiro atoms. The minimum absolute atomic E-state index is 0.000319. The summed E-state index contributed by atoms with van der Waals surface area (Å²) >= 11 is 0. The lowest BCUT2D eigenvalue weighted by atomic mass is 9.90. The highest BCUT2D eigenvalue weighted by molar-refractivity contribution is 7.91. The molecule has 2 unspecified atom stereocenters. The molecule has 17 heavy (non-hydrogen) atoms. The first-order valence-corrected chi connectivity index (χ1v) is 9.10. The van der Waals surface area contributed by atoms with Gasteiger partial charge in [-0.3, -0.25) is 4.79 Å². The molecule has 0 aromatic heterocycles. The number of aliphatic carboxylic acids is 1. The fourth-order valence-corrected chi connectivity index (χ4v) is 4.60. The zero-order valence-electron chi connectivity index (χ0n) is 9.50. The van der Waals surface area contributed by atoms with Gasteiger partial charge in [-0.1, -0.05) is 0 Å². The van der Waals surface area contributed by atoms with E-state index in [4.69, 9.17) is 5.11 Å². The Bertz CT molecular complexity index is 490. The van der Waals surface area contributed by atoms with Crippen LogP contribution < -0.4 is 0 Å². The summed E-state index contributed by atoms with van der Waals surface area (Å²) in [6.45, 7) is 0. The van der Waals surface area contributed by atoms with Gasteiger partial charge in [0, 0.05) is 6.26 Å². The van der Waals surface area contributed by atoms with Crippen molar-refractivity contribution >= 4 is 25.6 Å². The van der Waals surface area contributed by atoms with E-state index in [0.29, 0.717) is 6.42 Å². The minimum Gasteiger partial charge on any atom is -0.481 e. The molecule has 0 amide bonds. The monoisotopic (exact) mass is 284 g/mol. The van der Waals surface area contributed by atoms with Crippen LogP contribution in [0.4, 0.5) is 0 Å². The van der Waals surface area contributed by atoms with Crippen LogP contribution in [0.15, 0.2) is 0 Å². The van der Waals surface area contributed by atoms with E-state index in [1.165, 1.54) is 0 Å². The van der Waals surface area contributed by atoms with Gasteiger partial charge in [-0.05, 0) is 18.8 Å². The van der Waals surface area contributed by atoms with Crippen LogP contribution in [0.5, 0.6) is 0 Å². The summed E-state index contributed by atoms with van der Waals surface area (Å²) in [5, 5.41) is 9.01. The van der Waals surface area contributed by atoms with Crippen molar-refractivity contribution < 1.29 is 26.7 Å². The Hall–Kier alpha value is -0.630. The second-order valence-electron chi connectivity index (χ2n) is 4.53. The largest absolute Gasteiger partial charge is 0.481 e. The third-order valence-corrected chi connectivity index (χ3v) is 5.72. The molecule has 0 saturated carbocycles. The number of hydrogen-bond donors (Lipinski definition) is 1. The maximum absolute atomic E-state index is 11.3. The highest BCUT2D eigenvalue weighted by atomic mass is 32.2. The molecule has 1 aliphatic rings. The Labute approximate surface area is 101 Å². The Morgan fingerprint density at radius 2 is 2.06 bits per heavy atom. The molecule has 1 N–H and O–H groups in total. The molecule has 0 aliphatic carbocycles. The van der Waals surface area contributed by atoms with Crippen molar-refractivity contribution in [3.8, 4) is 0 Å². The van der Waals surface area contributed by atoms with Crippen LogP contribution in [-0.2, 0) is 24.5 Å². The molecule has 0 bridgehead atoms. The van der Waals surface area contributed by atoms with E-state index >= 15 is 0 Å². The van der Waals surface area contributed by atoms with Crippen molar-refractivity contribution in [3.05, 3.63) is 0 Å². The molecule has 1 fully saturated rings. The Kier molecular flexibility index (Phi) is 4.19. The minimum atomic E-state index is -3.22. The van der Waals surface area contributed by atoms with Gasteiger partial charge in [-0.2, -0.15) is 0 Å². The number of sulfone groups is 2. The van der Waals surface area contributed by atoms with Gasteiger partial charge in [-0.25, -0.2) is 16.8 Å². The number of carbonyl (C=O) groups is 1. The fourth-order valence-electron chi connectivity index (χ4n) is 2.04. The van der Waals surface area contributed by atoms with Gasteiger partial charge in [0.25, 0.3) is 0 Å². The van der Waals surface area contributed by atoms with E-state index in [0.717, 1.165) is 6.26 Å². The average molecular weight is 284 g/mol. The standard InChI is InChI=1S/C9H16O6S2/c1-16(12,13)4-3-8(9(10)11)7-2-5-17(14,15)6-7/h7-8H,2-6H2,1H3,(H,10,11). The lowest BCUT2D eigenvalue weighted by Gasteiger charge is -2.17. The molecule has 0 radical (unpaired) electrons. The van der Waals surface area contributed by atoms with Crippen molar-refractivity contribution in [2.24, 2.45) is 11.8 Å². The van der Waals surface area contributed by atoms with Crippen LogP contribution in [0.3, 0.4) is 0 Å². The number of carboxylic acid groups (broad SMARTS) is 1. The second kappa shape index (κ2) is 4.93. The molecule has 1 aliphatic heterocycles. The SMILES string of the molecule is CS(=O)(=O)CCC(C(=O)O)C1CCS(=O)(=O)C1. The van der Waals surface area contributed by atoms with Crippen LogP contribution in [-0.4, -0.2) is 51.4 Å². The molecule has 2 atom stereocenters. The highest BCUT2D eigenvalue weighted by Crippen LogP contribution is 2.28. The molecule has 6 nitrogen and oxygen atoms in total. The molecular formula is C9H16O6S2. The summed E-state index contributed by atoms with van der Waals surface area (Å²) in [7, 11) is -6.36. The van der Waals surface area contributed by atoms with E-state index < -0.39 is 37.5 Å². The van der Waals surface area contributed by atoms with E-state index in [-0.39, 0.29) is 23.7 Å². The summed E-state index contributed by atoms with van der Waals surface area (Å²) in [6, 6.07) is 0. The third kappa shape index (κ3) is 4.63. The first-order chi connectivity index (χ1) is 7.61. The quantitative estimate of drug-likeness (QED) is 0.733. The second-order valence-corrected chi connectivity index (χ2v) is 9.01.